The number of aromatic hydroxyl groups is 1. The number of ether oxygens (including phenoxy) is 2. The van der Waals surface area contributed by atoms with E-state index >= 15 is 0 Å². The molecule has 0 radical (unpaired) electrons. The lowest BCUT2D eigenvalue weighted by molar-refractivity contribution is -0.117. The first-order valence-electron chi connectivity index (χ1n) is 13.5. The summed E-state index contributed by atoms with van der Waals surface area (Å²) in [5.74, 6) is 0.200. The number of rotatable bonds is 8. The van der Waals surface area contributed by atoms with Crippen LogP contribution < -0.4 is 42.9 Å². The number of nitrogens with one attached hydrogen (secondary N) is 1. The quantitative estimate of drug-likeness (QED) is 0.0713. The standard InChI is InChI=1S/C10H10N2O7S2.C10H16N2O2.C8H10N2O2S/c11-6-3-5-4(1-7(6)20(14,15)16)2-8(21(17,18)19)9(12)10(5)13;1-3-13-9-5-8(12)10(14-4-2)6-7(9)11;1-6(11)10-13(12)8-4-2-7(9)3-5-8/h1-3,13H,11-12H2,(H,14,15,16)(H,17,18,19);5-6H,3-4,11-12H2,1-2H3;2-5H,9H2,1H3,(H,10,11). The molecule has 262 valence electrons. The molecular formula is C28H36N6O11S3. The van der Waals surface area contributed by atoms with E-state index in [1.165, 1.54) is 6.92 Å². The van der Waals surface area contributed by atoms with Crippen LogP contribution in [0.4, 0.5) is 28.4 Å². The van der Waals surface area contributed by atoms with Crippen molar-refractivity contribution in [2.45, 2.75) is 35.5 Å². The summed E-state index contributed by atoms with van der Waals surface area (Å²) in [5, 5.41) is 9.71. The number of nitrogen functional groups attached to an aromatic ring is 5. The largest absolute Gasteiger partial charge is 0.505 e. The molecule has 14 N–H and O–H groups in total. The lowest BCUT2D eigenvalue weighted by Crippen LogP contribution is -2.22. The molecule has 0 aliphatic rings. The van der Waals surface area contributed by atoms with Crippen molar-refractivity contribution in [2.75, 3.05) is 41.9 Å². The lowest BCUT2D eigenvalue weighted by atomic mass is 10.1. The van der Waals surface area contributed by atoms with Crippen LogP contribution in [0.5, 0.6) is 17.2 Å². The zero-order chi connectivity index (χ0) is 36.6. The number of anilines is 5. The summed E-state index contributed by atoms with van der Waals surface area (Å²) in [7, 11) is -10.9. The number of carbonyl (C=O) groups is 1. The fourth-order valence-electron chi connectivity index (χ4n) is 3.79. The van der Waals surface area contributed by atoms with Crippen LogP contribution in [0.15, 0.2) is 69.3 Å². The highest BCUT2D eigenvalue weighted by atomic mass is 32.2. The Bertz CT molecular complexity index is 2000. The molecule has 1 unspecified atom stereocenters. The minimum atomic E-state index is -4.73. The number of benzene rings is 4. The third kappa shape index (κ3) is 10.5. The summed E-state index contributed by atoms with van der Waals surface area (Å²) in [6.45, 7) is 6.24. The molecule has 0 aliphatic carbocycles. The molecule has 4 aromatic rings. The van der Waals surface area contributed by atoms with E-state index in [2.05, 4.69) is 4.72 Å². The first kappa shape index (κ1) is 39.2. The molecule has 20 heteroatoms. The number of amides is 1. The van der Waals surface area contributed by atoms with Gasteiger partial charge in [-0.2, -0.15) is 16.8 Å². The van der Waals surface area contributed by atoms with Crippen molar-refractivity contribution >= 4 is 76.3 Å². The highest BCUT2D eigenvalue weighted by Crippen LogP contribution is 2.39. The molecule has 0 heterocycles. The van der Waals surface area contributed by atoms with Gasteiger partial charge in [-0.3, -0.25) is 18.6 Å². The van der Waals surface area contributed by atoms with Crippen molar-refractivity contribution in [1.82, 2.24) is 4.72 Å². The van der Waals surface area contributed by atoms with Gasteiger partial charge >= 0.3 is 0 Å². The van der Waals surface area contributed by atoms with Crippen LogP contribution in [0.2, 0.25) is 0 Å². The number of phenols is 1. The Balaban J connectivity index is 0.000000261. The van der Waals surface area contributed by atoms with E-state index in [-0.39, 0.29) is 22.4 Å². The fourth-order valence-corrected chi connectivity index (χ4v) is 5.83. The molecule has 0 spiro atoms. The van der Waals surface area contributed by atoms with Crippen LogP contribution >= 0.6 is 0 Å². The van der Waals surface area contributed by atoms with Gasteiger partial charge in [0.05, 0.1) is 40.9 Å². The van der Waals surface area contributed by atoms with Gasteiger partial charge in [0, 0.05) is 30.1 Å². The molecule has 0 aromatic heterocycles. The first-order valence-corrected chi connectivity index (χ1v) is 17.5. The Morgan fingerprint density at radius 2 is 1.23 bits per heavy atom. The molecule has 0 fully saturated rings. The summed E-state index contributed by atoms with van der Waals surface area (Å²) in [6, 6.07) is 12.6. The van der Waals surface area contributed by atoms with Crippen LogP contribution in [0, 0.1) is 0 Å². The normalized spacial score (nSPS) is 11.7. The van der Waals surface area contributed by atoms with E-state index in [9.17, 15) is 30.9 Å². The molecule has 17 nitrogen and oxygen atoms in total. The minimum Gasteiger partial charge on any atom is -0.505 e. The topological polar surface area (TPSA) is 324 Å². The molecule has 0 saturated carbocycles. The first-order chi connectivity index (χ1) is 22.2. The molecule has 4 rings (SSSR count). The second kappa shape index (κ2) is 16.2. The highest BCUT2D eigenvalue weighted by molar-refractivity contribution is 7.86. The predicted octanol–water partition coefficient (Wildman–Crippen LogP) is 2.28. The number of fused-ring (bicyclic) bond motifs is 1. The van der Waals surface area contributed by atoms with E-state index in [1.807, 2.05) is 13.8 Å². The number of hydrogen-bond acceptors (Lipinski definition) is 14. The summed E-state index contributed by atoms with van der Waals surface area (Å²) in [6.07, 6.45) is 0. The average Bonchev–Trinajstić information content (AvgIpc) is 2.97. The monoisotopic (exact) mass is 728 g/mol. The van der Waals surface area contributed by atoms with E-state index in [0.717, 1.165) is 18.2 Å². The van der Waals surface area contributed by atoms with Gasteiger partial charge in [-0.05, 0) is 61.7 Å². The second-order valence-corrected chi connectivity index (χ2v) is 13.5. The number of nitrogens with two attached hydrogens (primary N) is 5. The minimum absolute atomic E-state index is 0.0372. The van der Waals surface area contributed by atoms with Gasteiger partial charge in [0.1, 0.15) is 27.0 Å². The van der Waals surface area contributed by atoms with E-state index < -0.39 is 52.4 Å². The van der Waals surface area contributed by atoms with Gasteiger partial charge in [0.2, 0.25) is 5.91 Å². The molecule has 0 aliphatic heterocycles. The van der Waals surface area contributed by atoms with Crippen LogP contribution in [0.1, 0.15) is 20.8 Å². The molecule has 48 heavy (non-hydrogen) atoms. The van der Waals surface area contributed by atoms with Crippen LogP contribution in [-0.4, -0.2) is 54.4 Å². The average molecular weight is 729 g/mol. The maximum atomic E-state index is 11.3. The predicted molar refractivity (Wildman–Crippen MR) is 183 cm³/mol. The van der Waals surface area contributed by atoms with Crippen LogP contribution in [0.3, 0.4) is 0 Å². The molecule has 0 bridgehead atoms. The maximum Gasteiger partial charge on any atom is 0.296 e. The van der Waals surface area contributed by atoms with E-state index in [4.69, 9.17) is 47.2 Å². The van der Waals surface area contributed by atoms with Crippen molar-refractivity contribution in [3.05, 3.63) is 54.6 Å². The molecule has 1 amide bonds. The Hall–Kier alpha value is -5.02. The summed E-state index contributed by atoms with van der Waals surface area (Å²) in [5.41, 5.74) is 28.5. The number of hydrogen-bond donors (Lipinski definition) is 9. The van der Waals surface area contributed by atoms with Crippen molar-refractivity contribution < 1.29 is 49.5 Å². The maximum absolute atomic E-state index is 11.3. The van der Waals surface area contributed by atoms with Gasteiger partial charge in [-0.15, -0.1) is 0 Å². The molecule has 0 saturated heterocycles. The molecule has 1 atom stereocenters. The third-order valence-corrected chi connectivity index (χ3v) is 8.85. The highest BCUT2D eigenvalue weighted by Gasteiger charge is 2.22. The number of carbonyl (C=O) groups excluding carboxylic acids is 1. The Morgan fingerprint density at radius 1 is 0.771 bits per heavy atom. The third-order valence-electron chi connectivity index (χ3n) is 5.87. The summed E-state index contributed by atoms with van der Waals surface area (Å²) in [4.78, 5) is 9.64. The van der Waals surface area contributed by atoms with Crippen molar-refractivity contribution in [3.63, 3.8) is 0 Å². The van der Waals surface area contributed by atoms with Crippen molar-refractivity contribution in [3.8, 4) is 17.2 Å². The van der Waals surface area contributed by atoms with Crippen molar-refractivity contribution in [2.24, 2.45) is 0 Å². The van der Waals surface area contributed by atoms with E-state index in [1.54, 1.807) is 36.4 Å². The second-order valence-electron chi connectivity index (χ2n) is 9.49. The van der Waals surface area contributed by atoms with Gasteiger partial charge in [0.15, 0.2) is 11.0 Å². The lowest BCUT2D eigenvalue weighted by Gasteiger charge is -2.11. The van der Waals surface area contributed by atoms with Gasteiger partial charge in [-0.1, -0.05) is 0 Å². The Kier molecular flexibility index (Phi) is 13.2. The van der Waals surface area contributed by atoms with Gasteiger partial charge in [0.25, 0.3) is 20.2 Å². The molecular weight excluding hydrogens is 693 g/mol. The Labute approximate surface area is 279 Å². The zero-order valence-electron chi connectivity index (χ0n) is 25.8. The molecule has 4 aromatic carbocycles. The zero-order valence-corrected chi connectivity index (χ0v) is 28.3. The Morgan fingerprint density at radius 3 is 1.65 bits per heavy atom. The smallest absolute Gasteiger partial charge is 0.296 e. The SMILES string of the molecule is CC(=O)NS(=O)c1ccc(N)cc1.CCOc1cc(N)c(OCC)cc1N.Nc1cc2c(O)c(N)c(S(=O)(=O)O)cc2cc1S(=O)(=O)O. The number of phenolic OH excluding ortho intramolecular Hbond substituents is 1. The summed E-state index contributed by atoms with van der Waals surface area (Å²) < 4.78 is 86.8. The fraction of sp³-hybridized carbons (Fsp3) is 0.179. The van der Waals surface area contributed by atoms with Crippen LogP contribution in [-0.2, 0) is 36.0 Å². The van der Waals surface area contributed by atoms with Gasteiger partial charge in [-0.25, -0.2) is 4.21 Å². The van der Waals surface area contributed by atoms with E-state index in [0.29, 0.717) is 46.7 Å². The summed E-state index contributed by atoms with van der Waals surface area (Å²) >= 11 is 0. The van der Waals surface area contributed by atoms with Crippen molar-refractivity contribution in [1.29, 1.82) is 0 Å². The van der Waals surface area contributed by atoms with Crippen LogP contribution in [0.25, 0.3) is 10.8 Å². The van der Waals surface area contributed by atoms with Gasteiger partial charge < -0.3 is 43.2 Å².